The molecule has 1 aromatic heterocycles. The summed E-state index contributed by atoms with van der Waals surface area (Å²) in [5.41, 5.74) is 6.72. The number of rotatable bonds is 3. The predicted octanol–water partition coefficient (Wildman–Crippen LogP) is 3.59. The van der Waals surface area contributed by atoms with Crippen LogP contribution in [0.3, 0.4) is 0 Å². The van der Waals surface area contributed by atoms with Crippen LogP contribution < -0.4 is 11.1 Å². The van der Waals surface area contributed by atoms with Crippen LogP contribution in [-0.4, -0.2) is 15.8 Å². The maximum absolute atomic E-state index is 9.42. The van der Waals surface area contributed by atoms with Crippen molar-refractivity contribution in [3.05, 3.63) is 5.56 Å². The minimum absolute atomic E-state index is 0.368. The van der Waals surface area contributed by atoms with Gasteiger partial charge in [0.05, 0.1) is 6.04 Å². The van der Waals surface area contributed by atoms with Crippen molar-refractivity contribution < 1.29 is 0 Å². The van der Waals surface area contributed by atoms with Gasteiger partial charge in [-0.2, -0.15) is 10.4 Å². The Morgan fingerprint density at radius 2 is 1.67 bits per heavy atom. The highest BCUT2D eigenvalue weighted by Crippen LogP contribution is 2.33. The molecule has 2 saturated carbocycles. The van der Waals surface area contributed by atoms with Crippen LogP contribution in [-0.2, 0) is 0 Å². The lowest BCUT2D eigenvalue weighted by atomic mass is 9.95. The minimum Gasteiger partial charge on any atom is -0.383 e. The van der Waals surface area contributed by atoms with Crippen molar-refractivity contribution in [3.8, 4) is 6.07 Å². The first kappa shape index (κ1) is 14.2. The standard InChI is InChI=1S/C16H25N5/c17-11-14-15(18)21(13-9-5-2-6-10-13)20-16(14)19-12-7-3-1-4-8-12/h12-13H,1-10,18H2,(H,19,20). The third-order valence-electron chi connectivity index (χ3n) is 4.93. The van der Waals surface area contributed by atoms with E-state index in [4.69, 9.17) is 5.73 Å². The molecule has 0 aromatic carbocycles. The Labute approximate surface area is 126 Å². The fourth-order valence-corrected chi connectivity index (χ4v) is 3.70. The molecule has 3 rings (SSSR count). The summed E-state index contributed by atoms with van der Waals surface area (Å²) in [6.45, 7) is 0. The summed E-state index contributed by atoms with van der Waals surface area (Å²) in [6.07, 6.45) is 12.2. The van der Waals surface area contributed by atoms with Crippen LogP contribution in [0.4, 0.5) is 11.6 Å². The largest absolute Gasteiger partial charge is 0.383 e. The molecule has 0 spiro atoms. The van der Waals surface area contributed by atoms with Crippen molar-refractivity contribution in [1.82, 2.24) is 9.78 Å². The number of aromatic nitrogens is 2. The smallest absolute Gasteiger partial charge is 0.168 e. The number of anilines is 2. The molecule has 0 aliphatic heterocycles. The lowest BCUT2D eigenvalue weighted by Crippen LogP contribution is -2.23. The van der Waals surface area contributed by atoms with E-state index in [-0.39, 0.29) is 0 Å². The van der Waals surface area contributed by atoms with Gasteiger partial charge in [0.2, 0.25) is 0 Å². The Morgan fingerprint density at radius 1 is 1.05 bits per heavy atom. The first-order valence-electron chi connectivity index (χ1n) is 8.34. The first-order valence-corrected chi connectivity index (χ1v) is 8.34. The maximum Gasteiger partial charge on any atom is 0.168 e. The summed E-state index contributed by atoms with van der Waals surface area (Å²) in [5.74, 6) is 1.25. The van der Waals surface area contributed by atoms with Gasteiger partial charge in [0.1, 0.15) is 17.5 Å². The Morgan fingerprint density at radius 3 is 2.29 bits per heavy atom. The second kappa shape index (κ2) is 6.38. The third kappa shape index (κ3) is 2.99. The van der Waals surface area contributed by atoms with E-state index in [0.717, 1.165) is 12.8 Å². The predicted molar refractivity (Wildman–Crippen MR) is 84.0 cm³/mol. The molecule has 0 amide bonds. The molecule has 1 heterocycles. The van der Waals surface area contributed by atoms with Crippen LogP contribution in [0.15, 0.2) is 0 Å². The molecule has 0 radical (unpaired) electrons. The molecule has 2 fully saturated rings. The Kier molecular flexibility index (Phi) is 4.33. The topological polar surface area (TPSA) is 79.7 Å². The van der Waals surface area contributed by atoms with Gasteiger partial charge in [-0.1, -0.05) is 38.5 Å². The number of hydrogen-bond acceptors (Lipinski definition) is 4. The molecule has 114 valence electrons. The van der Waals surface area contributed by atoms with Crippen molar-refractivity contribution in [2.24, 2.45) is 0 Å². The minimum atomic E-state index is 0.368. The highest BCUT2D eigenvalue weighted by atomic mass is 15.4. The van der Waals surface area contributed by atoms with Crippen LogP contribution in [0.1, 0.15) is 75.8 Å². The van der Waals surface area contributed by atoms with E-state index >= 15 is 0 Å². The van der Waals surface area contributed by atoms with Gasteiger partial charge in [-0.05, 0) is 25.7 Å². The average molecular weight is 287 g/mol. The lowest BCUT2D eigenvalue weighted by Gasteiger charge is -2.23. The molecule has 5 heteroatoms. The quantitative estimate of drug-likeness (QED) is 0.890. The number of hydrogen-bond donors (Lipinski definition) is 2. The van der Waals surface area contributed by atoms with Gasteiger partial charge in [-0.15, -0.1) is 0 Å². The number of nitrogen functional groups attached to an aromatic ring is 1. The average Bonchev–Trinajstić information content (AvgIpc) is 2.85. The van der Waals surface area contributed by atoms with Crippen molar-refractivity contribution in [3.63, 3.8) is 0 Å². The monoisotopic (exact) mass is 287 g/mol. The second-order valence-corrected chi connectivity index (χ2v) is 6.44. The number of nitriles is 1. The van der Waals surface area contributed by atoms with E-state index in [2.05, 4.69) is 16.5 Å². The van der Waals surface area contributed by atoms with Crippen molar-refractivity contribution in [2.75, 3.05) is 11.1 Å². The molecule has 0 unspecified atom stereocenters. The van der Waals surface area contributed by atoms with Crippen LogP contribution in [0.5, 0.6) is 0 Å². The van der Waals surface area contributed by atoms with Gasteiger partial charge in [0.25, 0.3) is 0 Å². The lowest BCUT2D eigenvalue weighted by molar-refractivity contribution is 0.333. The zero-order chi connectivity index (χ0) is 14.7. The Hall–Kier alpha value is -1.70. The number of nitrogens with one attached hydrogen (secondary N) is 1. The van der Waals surface area contributed by atoms with E-state index in [1.54, 1.807) is 0 Å². The van der Waals surface area contributed by atoms with Crippen molar-refractivity contribution >= 4 is 11.6 Å². The van der Waals surface area contributed by atoms with E-state index in [1.807, 2.05) is 4.68 Å². The molecule has 3 N–H and O–H groups in total. The van der Waals surface area contributed by atoms with E-state index in [1.165, 1.54) is 51.4 Å². The van der Waals surface area contributed by atoms with E-state index in [0.29, 0.717) is 29.3 Å². The fourth-order valence-electron chi connectivity index (χ4n) is 3.70. The fraction of sp³-hybridized carbons (Fsp3) is 0.750. The van der Waals surface area contributed by atoms with Crippen LogP contribution in [0, 0.1) is 11.3 Å². The van der Waals surface area contributed by atoms with Gasteiger partial charge in [-0.25, -0.2) is 4.68 Å². The summed E-state index contributed by atoms with van der Waals surface area (Å²) in [6, 6.07) is 3.05. The highest BCUT2D eigenvalue weighted by Gasteiger charge is 2.24. The molecule has 2 aliphatic carbocycles. The summed E-state index contributed by atoms with van der Waals surface area (Å²) >= 11 is 0. The second-order valence-electron chi connectivity index (χ2n) is 6.44. The SMILES string of the molecule is N#Cc1c(NC2CCCCC2)nn(C2CCCCC2)c1N. The summed E-state index contributed by atoms with van der Waals surface area (Å²) in [7, 11) is 0. The molecule has 0 atom stereocenters. The van der Waals surface area contributed by atoms with E-state index in [9.17, 15) is 5.26 Å². The van der Waals surface area contributed by atoms with Gasteiger partial charge < -0.3 is 11.1 Å². The molecule has 0 bridgehead atoms. The zero-order valence-electron chi connectivity index (χ0n) is 12.6. The zero-order valence-corrected chi connectivity index (χ0v) is 12.6. The van der Waals surface area contributed by atoms with Gasteiger partial charge in [0, 0.05) is 6.04 Å². The van der Waals surface area contributed by atoms with Crippen LogP contribution in [0.2, 0.25) is 0 Å². The number of nitrogens with two attached hydrogens (primary N) is 1. The number of nitrogens with zero attached hydrogens (tertiary/aromatic N) is 3. The molecule has 5 nitrogen and oxygen atoms in total. The Bertz CT molecular complexity index is 516. The van der Waals surface area contributed by atoms with E-state index < -0.39 is 0 Å². The third-order valence-corrected chi connectivity index (χ3v) is 4.93. The molecule has 21 heavy (non-hydrogen) atoms. The first-order chi connectivity index (χ1) is 10.3. The van der Waals surface area contributed by atoms with Crippen LogP contribution >= 0.6 is 0 Å². The van der Waals surface area contributed by atoms with Gasteiger partial charge in [-0.3, -0.25) is 0 Å². The summed E-state index contributed by atoms with van der Waals surface area (Å²) < 4.78 is 1.91. The summed E-state index contributed by atoms with van der Waals surface area (Å²) in [4.78, 5) is 0. The van der Waals surface area contributed by atoms with Crippen molar-refractivity contribution in [1.29, 1.82) is 5.26 Å². The molecular weight excluding hydrogens is 262 g/mol. The summed E-state index contributed by atoms with van der Waals surface area (Å²) in [5, 5.41) is 17.5. The van der Waals surface area contributed by atoms with Crippen LogP contribution in [0.25, 0.3) is 0 Å². The van der Waals surface area contributed by atoms with Crippen molar-refractivity contribution in [2.45, 2.75) is 76.3 Å². The van der Waals surface area contributed by atoms with Gasteiger partial charge >= 0.3 is 0 Å². The molecule has 0 saturated heterocycles. The normalized spacial score (nSPS) is 21.1. The maximum atomic E-state index is 9.42. The molecule has 1 aromatic rings. The van der Waals surface area contributed by atoms with Gasteiger partial charge in [0.15, 0.2) is 5.82 Å². The molecular formula is C16H25N5. The Balaban J connectivity index is 1.80. The molecule has 2 aliphatic rings. The highest BCUT2D eigenvalue weighted by molar-refractivity contribution is 5.64.